The highest BCUT2D eigenvalue weighted by Crippen LogP contribution is 2.28. The van der Waals surface area contributed by atoms with Crippen molar-refractivity contribution in [2.24, 2.45) is 0 Å². The summed E-state index contributed by atoms with van der Waals surface area (Å²) >= 11 is 0. The number of pyridine rings is 1. The third kappa shape index (κ3) is 4.74. The Labute approximate surface area is 217 Å². The van der Waals surface area contributed by atoms with Crippen LogP contribution in [-0.2, 0) is 4.74 Å². The van der Waals surface area contributed by atoms with Gasteiger partial charge in [-0.15, -0.1) is 0 Å². The average Bonchev–Trinajstić information content (AvgIpc) is 3.31. The van der Waals surface area contributed by atoms with Gasteiger partial charge in [-0.1, -0.05) is 0 Å². The summed E-state index contributed by atoms with van der Waals surface area (Å²) in [5.74, 6) is 1.80. The summed E-state index contributed by atoms with van der Waals surface area (Å²) in [5.41, 5.74) is 1.80. The van der Waals surface area contributed by atoms with Crippen LogP contribution in [-0.4, -0.2) is 101 Å². The Morgan fingerprint density at radius 1 is 0.973 bits per heavy atom. The van der Waals surface area contributed by atoms with E-state index >= 15 is 0 Å². The summed E-state index contributed by atoms with van der Waals surface area (Å²) in [6, 6.07) is 12.0. The van der Waals surface area contributed by atoms with Crippen molar-refractivity contribution in [2.75, 3.05) is 52.4 Å². The van der Waals surface area contributed by atoms with Crippen LogP contribution >= 0.6 is 0 Å². The van der Waals surface area contributed by atoms with Crippen molar-refractivity contribution in [1.29, 1.82) is 0 Å². The summed E-state index contributed by atoms with van der Waals surface area (Å²) in [6.45, 7) is 8.42. The molecule has 0 spiro atoms. The molecule has 1 amide bonds. The predicted molar refractivity (Wildman–Crippen MR) is 141 cm³/mol. The van der Waals surface area contributed by atoms with Gasteiger partial charge in [0.25, 0.3) is 5.91 Å². The SMILES string of the molecule is O=C(c1ccc2c(ccn2-c2ccc(OC3CCN(CCN4CC5CC(C4)O5)CC3)cn2)c1)N1CCC1. The molecule has 194 valence electrons. The molecule has 3 aromatic rings. The molecule has 7 heterocycles. The highest BCUT2D eigenvalue weighted by Gasteiger charge is 2.38. The number of morpholine rings is 1. The van der Waals surface area contributed by atoms with E-state index in [4.69, 9.17) is 9.47 Å². The molecule has 5 aliphatic rings. The van der Waals surface area contributed by atoms with Crippen LogP contribution in [0.1, 0.15) is 36.0 Å². The number of likely N-dealkylation sites (tertiary alicyclic amines) is 2. The number of benzene rings is 1. The van der Waals surface area contributed by atoms with E-state index in [0.29, 0.717) is 12.2 Å². The lowest BCUT2D eigenvalue weighted by Crippen LogP contribution is -2.58. The van der Waals surface area contributed by atoms with E-state index < -0.39 is 0 Å². The topological polar surface area (TPSA) is 63.1 Å². The van der Waals surface area contributed by atoms with Crippen LogP contribution in [0.5, 0.6) is 5.75 Å². The van der Waals surface area contributed by atoms with Crippen molar-refractivity contribution in [3.05, 3.63) is 54.4 Å². The molecule has 37 heavy (non-hydrogen) atoms. The Bertz CT molecular complexity index is 1250. The minimum absolute atomic E-state index is 0.125. The number of hydrogen-bond donors (Lipinski definition) is 0. The number of piperidine rings is 2. The fourth-order valence-electron chi connectivity index (χ4n) is 6.11. The molecule has 0 N–H and O–H groups in total. The molecule has 1 aromatic carbocycles. The van der Waals surface area contributed by atoms with Crippen LogP contribution < -0.4 is 4.74 Å². The lowest BCUT2D eigenvalue weighted by Gasteiger charge is -2.47. The fourth-order valence-corrected chi connectivity index (χ4v) is 6.11. The Morgan fingerprint density at radius 2 is 1.76 bits per heavy atom. The number of amides is 1. The molecule has 8 rings (SSSR count). The number of fused-ring (bicyclic) bond motifs is 3. The first kappa shape index (κ1) is 23.2. The largest absolute Gasteiger partial charge is 0.489 e. The second-order valence-electron chi connectivity index (χ2n) is 11.0. The number of hydrogen-bond acceptors (Lipinski definition) is 6. The molecule has 5 saturated heterocycles. The molecule has 5 fully saturated rings. The number of ether oxygens (including phenoxy) is 2. The zero-order chi connectivity index (χ0) is 24.8. The number of nitrogens with zero attached hydrogens (tertiary/aromatic N) is 5. The van der Waals surface area contributed by atoms with Crippen molar-refractivity contribution in [3.8, 4) is 11.6 Å². The highest BCUT2D eigenvalue weighted by molar-refractivity contribution is 5.98. The van der Waals surface area contributed by atoms with Crippen LogP contribution in [0.15, 0.2) is 48.8 Å². The van der Waals surface area contributed by atoms with Gasteiger partial charge < -0.3 is 23.8 Å². The van der Waals surface area contributed by atoms with Crippen molar-refractivity contribution < 1.29 is 14.3 Å². The van der Waals surface area contributed by atoms with E-state index in [-0.39, 0.29) is 12.0 Å². The molecule has 2 unspecified atom stereocenters. The molecule has 8 nitrogen and oxygen atoms in total. The Balaban J connectivity index is 0.923. The quantitative estimate of drug-likeness (QED) is 0.496. The van der Waals surface area contributed by atoms with E-state index in [0.717, 1.165) is 99.7 Å². The third-order valence-electron chi connectivity index (χ3n) is 8.45. The van der Waals surface area contributed by atoms with Gasteiger partial charge in [0.15, 0.2) is 0 Å². The summed E-state index contributed by atoms with van der Waals surface area (Å²) in [5, 5.41) is 1.05. The lowest BCUT2D eigenvalue weighted by molar-refractivity contribution is -0.181. The van der Waals surface area contributed by atoms with Crippen LogP contribution in [0.4, 0.5) is 0 Å². The van der Waals surface area contributed by atoms with Gasteiger partial charge in [-0.2, -0.15) is 0 Å². The van der Waals surface area contributed by atoms with Crippen LogP contribution in [0.25, 0.3) is 16.7 Å². The van der Waals surface area contributed by atoms with Gasteiger partial charge in [-0.25, -0.2) is 4.98 Å². The molecule has 2 atom stereocenters. The lowest BCUT2D eigenvalue weighted by atomic mass is 9.99. The standard InChI is InChI=1S/C29H35N5O3/c35-29(33-9-1-10-33)22-2-4-27-21(16-22)6-13-34(27)28-5-3-24(18-30-28)36-23-7-11-31(12-8-23)14-15-32-19-25-17-26(20-32)37-25/h2-6,13,16,18,23,25-26H,1,7-12,14-15,17,19-20H2. The van der Waals surface area contributed by atoms with E-state index in [1.807, 2.05) is 53.7 Å². The van der Waals surface area contributed by atoms with Gasteiger partial charge in [-0.3, -0.25) is 9.69 Å². The van der Waals surface area contributed by atoms with Crippen LogP contribution in [0, 0.1) is 0 Å². The smallest absolute Gasteiger partial charge is 0.253 e. The van der Waals surface area contributed by atoms with E-state index in [2.05, 4.69) is 19.4 Å². The van der Waals surface area contributed by atoms with Crippen molar-refractivity contribution in [3.63, 3.8) is 0 Å². The molecule has 5 aliphatic heterocycles. The summed E-state index contributed by atoms with van der Waals surface area (Å²) < 4.78 is 14.1. The van der Waals surface area contributed by atoms with Crippen LogP contribution in [0.3, 0.4) is 0 Å². The summed E-state index contributed by atoms with van der Waals surface area (Å²) in [4.78, 5) is 24.3. The molecular weight excluding hydrogens is 466 g/mol. The van der Waals surface area contributed by atoms with Gasteiger partial charge in [-0.05, 0) is 55.7 Å². The minimum Gasteiger partial charge on any atom is -0.489 e. The first-order chi connectivity index (χ1) is 18.2. The maximum atomic E-state index is 12.6. The Hall–Kier alpha value is -2.94. The first-order valence-electron chi connectivity index (χ1n) is 13.8. The first-order valence-corrected chi connectivity index (χ1v) is 13.8. The van der Waals surface area contributed by atoms with Crippen molar-refractivity contribution in [2.45, 2.75) is 44.0 Å². The number of rotatable bonds is 7. The maximum Gasteiger partial charge on any atom is 0.253 e. The van der Waals surface area contributed by atoms with E-state index in [1.165, 1.54) is 6.42 Å². The molecular formula is C29H35N5O3. The highest BCUT2D eigenvalue weighted by atomic mass is 16.5. The van der Waals surface area contributed by atoms with Crippen LogP contribution in [0.2, 0.25) is 0 Å². The molecule has 2 aromatic heterocycles. The maximum absolute atomic E-state index is 12.6. The summed E-state index contributed by atoms with van der Waals surface area (Å²) in [7, 11) is 0. The Kier molecular flexibility index (Phi) is 6.11. The van der Waals surface area contributed by atoms with Gasteiger partial charge in [0.2, 0.25) is 0 Å². The molecule has 0 aliphatic carbocycles. The number of carbonyl (C=O) groups is 1. The molecule has 0 saturated carbocycles. The average molecular weight is 502 g/mol. The number of carbonyl (C=O) groups excluding carboxylic acids is 1. The third-order valence-corrected chi connectivity index (χ3v) is 8.45. The monoisotopic (exact) mass is 501 g/mol. The van der Waals surface area contributed by atoms with Gasteiger partial charge in [0, 0.05) is 75.9 Å². The van der Waals surface area contributed by atoms with Gasteiger partial charge in [0.05, 0.1) is 23.9 Å². The van der Waals surface area contributed by atoms with Gasteiger partial charge in [0.1, 0.15) is 17.7 Å². The predicted octanol–water partition coefficient (Wildman–Crippen LogP) is 3.19. The Morgan fingerprint density at radius 3 is 2.46 bits per heavy atom. The normalized spacial score (nSPS) is 24.6. The summed E-state index contributed by atoms with van der Waals surface area (Å²) in [6.07, 6.45) is 9.55. The van der Waals surface area contributed by atoms with Crippen molar-refractivity contribution in [1.82, 2.24) is 24.3 Å². The zero-order valence-electron chi connectivity index (χ0n) is 21.3. The van der Waals surface area contributed by atoms with Crippen molar-refractivity contribution >= 4 is 16.8 Å². The molecule has 2 bridgehead atoms. The number of aromatic nitrogens is 2. The van der Waals surface area contributed by atoms with Gasteiger partial charge >= 0.3 is 0 Å². The second kappa shape index (κ2) is 9.74. The second-order valence-corrected chi connectivity index (χ2v) is 11.0. The zero-order valence-corrected chi connectivity index (χ0v) is 21.3. The molecule has 0 radical (unpaired) electrons. The van der Waals surface area contributed by atoms with E-state index in [9.17, 15) is 4.79 Å². The molecule has 8 heteroatoms. The minimum atomic E-state index is 0.125. The fraction of sp³-hybridized carbons (Fsp3) is 0.517. The van der Waals surface area contributed by atoms with E-state index in [1.54, 1.807) is 0 Å².